The van der Waals surface area contributed by atoms with Crippen molar-refractivity contribution < 1.29 is 18.0 Å². The zero-order chi connectivity index (χ0) is 19.3. The van der Waals surface area contributed by atoms with Crippen molar-refractivity contribution in [1.82, 2.24) is 30.2 Å². The second-order valence-electron chi connectivity index (χ2n) is 6.50. The van der Waals surface area contributed by atoms with E-state index >= 15 is 0 Å². The normalized spacial score (nSPS) is 16.9. The second-order valence-corrected chi connectivity index (χ2v) is 6.50. The minimum atomic E-state index is -4.65. The van der Waals surface area contributed by atoms with E-state index < -0.39 is 18.1 Å². The predicted molar refractivity (Wildman–Crippen MR) is 90.8 cm³/mol. The number of aromatic nitrogens is 4. The van der Waals surface area contributed by atoms with E-state index in [4.69, 9.17) is 0 Å². The molecule has 10 heteroatoms. The molecule has 1 saturated heterocycles. The lowest BCUT2D eigenvalue weighted by molar-refractivity contribution is -0.155. The van der Waals surface area contributed by atoms with E-state index in [2.05, 4.69) is 20.2 Å². The third kappa shape index (κ3) is 5.25. The van der Waals surface area contributed by atoms with Gasteiger partial charge in [-0.15, -0.1) is 5.10 Å². The lowest BCUT2D eigenvalue weighted by Crippen LogP contribution is -2.38. The molecule has 27 heavy (non-hydrogen) atoms. The molecule has 3 rings (SSSR count). The molecule has 2 aromatic heterocycles. The third-order valence-corrected chi connectivity index (χ3v) is 4.49. The molecule has 0 spiro atoms. The van der Waals surface area contributed by atoms with Crippen LogP contribution in [0.1, 0.15) is 41.4 Å². The molecular weight excluding hydrogens is 361 g/mol. The van der Waals surface area contributed by atoms with E-state index in [1.807, 2.05) is 5.32 Å². The molecule has 2 aromatic rings. The van der Waals surface area contributed by atoms with Crippen LogP contribution in [0.3, 0.4) is 0 Å². The Morgan fingerprint density at radius 3 is 2.67 bits per heavy atom. The van der Waals surface area contributed by atoms with Crippen molar-refractivity contribution in [1.29, 1.82) is 0 Å². The zero-order valence-electron chi connectivity index (χ0n) is 14.7. The zero-order valence-corrected chi connectivity index (χ0v) is 14.7. The molecule has 0 aliphatic carbocycles. The predicted octanol–water partition coefficient (Wildman–Crippen LogP) is 2.19. The number of piperidine rings is 1. The molecule has 1 fully saturated rings. The molecular formula is C17H21F3N6O. The van der Waals surface area contributed by atoms with E-state index in [9.17, 15) is 18.0 Å². The Bertz CT molecular complexity index is 743. The van der Waals surface area contributed by atoms with Gasteiger partial charge in [-0.25, -0.2) is 0 Å². The minimum absolute atomic E-state index is 0.143. The fraction of sp³-hybridized carbons (Fsp3) is 0.529. The number of nitrogens with one attached hydrogen (secondary N) is 1. The molecule has 0 bridgehead atoms. The lowest BCUT2D eigenvalue weighted by atomic mass is 10.1. The Hall–Kier alpha value is -2.49. The summed E-state index contributed by atoms with van der Waals surface area (Å²) >= 11 is 0. The Labute approximate surface area is 154 Å². The van der Waals surface area contributed by atoms with Gasteiger partial charge >= 0.3 is 6.18 Å². The number of halogens is 3. The molecule has 0 aromatic carbocycles. The van der Waals surface area contributed by atoms with Crippen molar-refractivity contribution in [2.45, 2.75) is 38.0 Å². The summed E-state index contributed by atoms with van der Waals surface area (Å²) in [7, 11) is 0. The fourth-order valence-corrected chi connectivity index (χ4v) is 3.04. The molecule has 7 nitrogen and oxygen atoms in total. The smallest absolute Gasteiger partial charge is 0.335 e. The average Bonchev–Trinajstić information content (AvgIpc) is 3.14. The summed E-state index contributed by atoms with van der Waals surface area (Å²) in [5, 5.41) is 9.54. The van der Waals surface area contributed by atoms with Crippen LogP contribution in [0.4, 0.5) is 13.2 Å². The Kier molecular flexibility index (Phi) is 6.04. The van der Waals surface area contributed by atoms with Crippen molar-refractivity contribution in [2.24, 2.45) is 0 Å². The van der Waals surface area contributed by atoms with Gasteiger partial charge in [-0.2, -0.15) is 13.2 Å². The van der Waals surface area contributed by atoms with Crippen molar-refractivity contribution in [3.8, 4) is 0 Å². The molecule has 146 valence electrons. The number of carbonyl (C=O) groups excluding carboxylic acids is 1. The van der Waals surface area contributed by atoms with Crippen LogP contribution in [0.5, 0.6) is 0 Å². The number of hydrogen-bond donors (Lipinski definition) is 1. The SMILES string of the molecule is O=C(NC(c1cccnc1)C(F)(F)F)c1cn(CCN2CCCCC2)nn1. The third-order valence-electron chi connectivity index (χ3n) is 4.49. The molecule has 0 saturated carbocycles. The first-order valence-corrected chi connectivity index (χ1v) is 8.83. The monoisotopic (exact) mass is 382 g/mol. The lowest BCUT2D eigenvalue weighted by Gasteiger charge is -2.25. The first-order valence-electron chi connectivity index (χ1n) is 8.83. The van der Waals surface area contributed by atoms with Gasteiger partial charge in [0.2, 0.25) is 0 Å². The number of carbonyl (C=O) groups is 1. The van der Waals surface area contributed by atoms with Crippen LogP contribution in [0.15, 0.2) is 30.7 Å². The molecule has 3 heterocycles. The summed E-state index contributed by atoms with van der Waals surface area (Å²) in [4.78, 5) is 18.2. The number of alkyl halides is 3. The van der Waals surface area contributed by atoms with E-state index in [0.29, 0.717) is 6.54 Å². The second kappa shape index (κ2) is 8.47. The van der Waals surface area contributed by atoms with Crippen molar-refractivity contribution in [2.75, 3.05) is 19.6 Å². The molecule has 1 amide bonds. The van der Waals surface area contributed by atoms with E-state index in [1.165, 1.54) is 35.6 Å². The van der Waals surface area contributed by atoms with Crippen LogP contribution in [-0.4, -0.2) is 56.6 Å². The van der Waals surface area contributed by atoms with Crippen LogP contribution in [0.2, 0.25) is 0 Å². The Morgan fingerprint density at radius 2 is 2.00 bits per heavy atom. The molecule has 1 atom stereocenters. The summed E-state index contributed by atoms with van der Waals surface area (Å²) < 4.78 is 41.5. The van der Waals surface area contributed by atoms with Crippen LogP contribution < -0.4 is 5.32 Å². The maximum absolute atomic E-state index is 13.3. The summed E-state index contributed by atoms with van der Waals surface area (Å²) in [5.74, 6) is -0.926. The van der Waals surface area contributed by atoms with E-state index in [1.54, 1.807) is 0 Å². The van der Waals surface area contributed by atoms with Gasteiger partial charge in [-0.3, -0.25) is 14.5 Å². The summed E-state index contributed by atoms with van der Waals surface area (Å²) in [6.07, 6.45) is 2.73. The van der Waals surface area contributed by atoms with Crippen molar-refractivity contribution in [3.05, 3.63) is 42.0 Å². The first-order chi connectivity index (χ1) is 12.9. The van der Waals surface area contributed by atoms with Gasteiger partial charge in [0.15, 0.2) is 11.7 Å². The summed E-state index contributed by atoms with van der Waals surface area (Å²) in [5.41, 5.74) is -0.289. The van der Waals surface area contributed by atoms with Gasteiger partial charge in [-0.05, 0) is 32.0 Å². The Balaban J connectivity index is 1.62. The van der Waals surface area contributed by atoms with E-state index in [0.717, 1.165) is 38.7 Å². The van der Waals surface area contributed by atoms with Gasteiger partial charge in [0.1, 0.15) is 0 Å². The van der Waals surface area contributed by atoms with Gasteiger partial charge in [0.05, 0.1) is 12.7 Å². The molecule has 1 aliphatic rings. The standard InChI is InChI=1S/C17H21F3N6O/c18-17(19,20)15(13-5-4-6-21-11-13)22-16(27)14-12-26(24-23-14)10-9-25-7-2-1-3-8-25/h4-6,11-12,15H,1-3,7-10H2,(H,22,27). The van der Waals surface area contributed by atoms with Gasteiger partial charge < -0.3 is 10.2 Å². The highest BCUT2D eigenvalue weighted by Gasteiger charge is 2.42. The highest BCUT2D eigenvalue weighted by Crippen LogP contribution is 2.32. The number of likely N-dealkylation sites (tertiary alicyclic amines) is 1. The van der Waals surface area contributed by atoms with Gasteiger partial charge in [0.25, 0.3) is 5.91 Å². The minimum Gasteiger partial charge on any atom is -0.335 e. The first kappa shape index (κ1) is 19.3. The van der Waals surface area contributed by atoms with Gasteiger partial charge in [-0.1, -0.05) is 17.7 Å². The van der Waals surface area contributed by atoms with Crippen LogP contribution in [0.25, 0.3) is 0 Å². The maximum Gasteiger partial charge on any atom is 0.412 e. The number of nitrogens with zero attached hydrogens (tertiary/aromatic N) is 5. The summed E-state index contributed by atoms with van der Waals surface area (Å²) in [6, 6.07) is 0.495. The van der Waals surface area contributed by atoms with Crippen molar-refractivity contribution in [3.63, 3.8) is 0 Å². The molecule has 0 radical (unpaired) electrons. The average molecular weight is 382 g/mol. The van der Waals surface area contributed by atoms with E-state index in [-0.39, 0.29) is 11.3 Å². The van der Waals surface area contributed by atoms with Crippen LogP contribution in [0, 0.1) is 0 Å². The quantitative estimate of drug-likeness (QED) is 0.829. The van der Waals surface area contributed by atoms with Crippen LogP contribution >= 0.6 is 0 Å². The maximum atomic E-state index is 13.3. The van der Waals surface area contributed by atoms with Gasteiger partial charge in [0, 0.05) is 24.5 Å². The molecule has 1 aliphatic heterocycles. The van der Waals surface area contributed by atoms with Crippen molar-refractivity contribution >= 4 is 5.91 Å². The highest BCUT2D eigenvalue weighted by molar-refractivity contribution is 5.92. The molecule has 1 unspecified atom stereocenters. The summed E-state index contributed by atoms with van der Waals surface area (Å²) in [6.45, 7) is 3.36. The number of rotatable bonds is 6. The topological polar surface area (TPSA) is 75.9 Å². The molecule has 1 N–H and O–H groups in total. The highest BCUT2D eigenvalue weighted by atomic mass is 19.4. The fourth-order valence-electron chi connectivity index (χ4n) is 3.04. The largest absolute Gasteiger partial charge is 0.412 e. The number of hydrogen-bond acceptors (Lipinski definition) is 5. The van der Waals surface area contributed by atoms with Crippen LogP contribution in [-0.2, 0) is 6.54 Å². The number of amides is 1. The Morgan fingerprint density at radius 1 is 1.22 bits per heavy atom. The number of pyridine rings is 1.